The van der Waals surface area contributed by atoms with Crippen molar-refractivity contribution in [2.45, 2.75) is 64.3 Å². The molecule has 1 saturated carbocycles. The zero-order valence-corrected chi connectivity index (χ0v) is 11.8. The molecule has 19 heavy (non-hydrogen) atoms. The van der Waals surface area contributed by atoms with E-state index in [1.165, 1.54) is 12.8 Å². The fourth-order valence-electron chi connectivity index (χ4n) is 2.72. The molecule has 0 radical (unpaired) electrons. The molecular weight excluding hydrogens is 244 g/mol. The van der Waals surface area contributed by atoms with Gasteiger partial charge >= 0.3 is 5.97 Å². The average molecular weight is 270 g/mol. The van der Waals surface area contributed by atoms with E-state index in [0.29, 0.717) is 13.0 Å². The van der Waals surface area contributed by atoms with Gasteiger partial charge in [0, 0.05) is 19.0 Å². The number of hydrogen-bond donors (Lipinski definition) is 3. The lowest BCUT2D eigenvalue weighted by atomic mass is 9.79. The molecule has 0 saturated heterocycles. The third-order valence-electron chi connectivity index (χ3n) is 4.10. The summed E-state index contributed by atoms with van der Waals surface area (Å²) in [7, 11) is 0. The second-order valence-electron chi connectivity index (χ2n) is 5.71. The third kappa shape index (κ3) is 4.82. The Morgan fingerprint density at radius 3 is 2.32 bits per heavy atom. The summed E-state index contributed by atoms with van der Waals surface area (Å²) in [6.45, 7) is 2.23. The third-order valence-corrected chi connectivity index (χ3v) is 4.10. The highest BCUT2D eigenvalue weighted by Gasteiger charge is 2.37. The van der Waals surface area contributed by atoms with Crippen LogP contribution in [0.2, 0.25) is 0 Å². The zero-order valence-electron chi connectivity index (χ0n) is 11.8. The van der Waals surface area contributed by atoms with Gasteiger partial charge in [0.25, 0.3) is 0 Å². The second-order valence-corrected chi connectivity index (χ2v) is 5.71. The van der Waals surface area contributed by atoms with Crippen molar-refractivity contribution in [3.8, 4) is 0 Å². The Balaban J connectivity index is 2.55. The lowest BCUT2D eigenvalue weighted by molar-refractivity contribution is -0.138. The lowest BCUT2D eigenvalue weighted by Gasteiger charge is -2.31. The smallest absolute Gasteiger partial charge is 0.303 e. The molecule has 110 valence electrons. The molecular formula is C14H26N2O3. The molecule has 0 heterocycles. The molecule has 1 aliphatic carbocycles. The fourth-order valence-corrected chi connectivity index (χ4v) is 2.72. The Labute approximate surface area is 114 Å². The minimum absolute atomic E-state index is 0.00906. The van der Waals surface area contributed by atoms with Gasteiger partial charge in [0.15, 0.2) is 0 Å². The molecule has 1 atom stereocenters. The number of amides is 1. The summed E-state index contributed by atoms with van der Waals surface area (Å²) in [4.78, 5) is 22.9. The van der Waals surface area contributed by atoms with E-state index in [4.69, 9.17) is 10.8 Å². The van der Waals surface area contributed by atoms with Gasteiger partial charge in [-0.15, -0.1) is 0 Å². The second kappa shape index (κ2) is 7.48. The van der Waals surface area contributed by atoms with Gasteiger partial charge in [-0.25, -0.2) is 0 Å². The van der Waals surface area contributed by atoms with Crippen LogP contribution in [-0.2, 0) is 9.59 Å². The van der Waals surface area contributed by atoms with Gasteiger partial charge in [-0.2, -0.15) is 0 Å². The van der Waals surface area contributed by atoms with Gasteiger partial charge in [-0.1, -0.05) is 25.7 Å². The number of nitrogens with two attached hydrogens (primary N) is 1. The standard InChI is InChI=1S/C14H26N2O3/c1-11(6-7-12(17)18)16-13(19)14(10-15)8-4-2-3-5-9-14/h11H,2-10,15H2,1H3,(H,16,19)(H,17,18). The van der Waals surface area contributed by atoms with E-state index < -0.39 is 11.4 Å². The van der Waals surface area contributed by atoms with Crippen LogP contribution in [0.1, 0.15) is 58.3 Å². The first-order valence-electron chi connectivity index (χ1n) is 7.23. The highest BCUT2D eigenvalue weighted by molar-refractivity contribution is 5.83. The first-order valence-corrected chi connectivity index (χ1v) is 7.23. The first kappa shape index (κ1) is 16.0. The maximum absolute atomic E-state index is 12.4. The number of carboxylic acids is 1. The van der Waals surface area contributed by atoms with Gasteiger partial charge < -0.3 is 16.2 Å². The largest absolute Gasteiger partial charge is 0.481 e. The number of nitrogens with one attached hydrogen (secondary N) is 1. The Kier molecular flexibility index (Phi) is 6.28. The molecule has 4 N–H and O–H groups in total. The van der Waals surface area contributed by atoms with Gasteiger partial charge in [-0.3, -0.25) is 9.59 Å². The van der Waals surface area contributed by atoms with E-state index in [1.54, 1.807) is 0 Å². The molecule has 0 bridgehead atoms. The summed E-state index contributed by atoms with van der Waals surface area (Å²) < 4.78 is 0. The predicted octanol–water partition coefficient (Wildman–Crippen LogP) is 1.66. The summed E-state index contributed by atoms with van der Waals surface area (Å²) in [5, 5.41) is 11.6. The lowest BCUT2D eigenvalue weighted by Crippen LogP contribution is -2.48. The Morgan fingerprint density at radius 2 is 1.84 bits per heavy atom. The number of aliphatic carboxylic acids is 1. The van der Waals surface area contributed by atoms with Crippen LogP contribution in [0.5, 0.6) is 0 Å². The fraction of sp³-hybridized carbons (Fsp3) is 0.857. The van der Waals surface area contributed by atoms with Crippen LogP contribution in [0.15, 0.2) is 0 Å². The van der Waals surface area contributed by atoms with Crippen molar-refractivity contribution in [3.63, 3.8) is 0 Å². The van der Waals surface area contributed by atoms with E-state index in [1.807, 2.05) is 6.92 Å². The highest BCUT2D eigenvalue weighted by atomic mass is 16.4. The quantitative estimate of drug-likeness (QED) is 0.640. The maximum atomic E-state index is 12.4. The number of carbonyl (C=O) groups excluding carboxylic acids is 1. The summed E-state index contributed by atoms with van der Waals surface area (Å²) in [5.74, 6) is -0.820. The van der Waals surface area contributed by atoms with Crippen LogP contribution < -0.4 is 11.1 Å². The molecule has 1 unspecified atom stereocenters. The Hall–Kier alpha value is -1.10. The zero-order chi connectivity index (χ0) is 14.3. The van der Waals surface area contributed by atoms with Crippen LogP contribution in [0.25, 0.3) is 0 Å². The molecule has 1 fully saturated rings. The van der Waals surface area contributed by atoms with E-state index in [-0.39, 0.29) is 18.4 Å². The molecule has 5 nitrogen and oxygen atoms in total. The van der Waals surface area contributed by atoms with Gasteiger partial charge in [0.2, 0.25) is 5.91 Å². The number of carboxylic acid groups (broad SMARTS) is 1. The molecule has 0 aromatic carbocycles. The van der Waals surface area contributed by atoms with Crippen LogP contribution in [0.3, 0.4) is 0 Å². The van der Waals surface area contributed by atoms with E-state index in [0.717, 1.165) is 25.7 Å². The normalized spacial score (nSPS) is 20.3. The van der Waals surface area contributed by atoms with Crippen LogP contribution in [0.4, 0.5) is 0 Å². The molecule has 0 aliphatic heterocycles. The highest BCUT2D eigenvalue weighted by Crippen LogP contribution is 2.34. The van der Waals surface area contributed by atoms with E-state index in [9.17, 15) is 9.59 Å². The molecule has 1 aliphatic rings. The van der Waals surface area contributed by atoms with Crippen LogP contribution >= 0.6 is 0 Å². The minimum atomic E-state index is -0.830. The monoisotopic (exact) mass is 270 g/mol. The van der Waals surface area contributed by atoms with E-state index >= 15 is 0 Å². The Morgan fingerprint density at radius 1 is 1.26 bits per heavy atom. The maximum Gasteiger partial charge on any atom is 0.303 e. The topological polar surface area (TPSA) is 92.4 Å². The van der Waals surface area contributed by atoms with Crippen LogP contribution in [-0.4, -0.2) is 29.6 Å². The molecule has 0 aromatic heterocycles. The molecule has 0 spiro atoms. The summed E-state index contributed by atoms with van der Waals surface area (Å²) in [6, 6.07) is -0.115. The first-order chi connectivity index (χ1) is 9.00. The van der Waals surface area contributed by atoms with Crippen molar-refractivity contribution < 1.29 is 14.7 Å². The van der Waals surface area contributed by atoms with Gasteiger partial charge in [-0.05, 0) is 26.2 Å². The number of rotatable bonds is 6. The Bertz CT molecular complexity index is 310. The average Bonchev–Trinajstić information content (AvgIpc) is 2.62. The van der Waals surface area contributed by atoms with Crippen molar-refractivity contribution in [1.29, 1.82) is 0 Å². The number of carbonyl (C=O) groups is 2. The van der Waals surface area contributed by atoms with Gasteiger partial charge in [0.05, 0.1) is 5.41 Å². The van der Waals surface area contributed by atoms with E-state index in [2.05, 4.69) is 5.32 Å². The molecule has 1 amide bonds. The van der Waals surface area contributed by atoms with Crippen LogP contribution in [0, 0.1) is 5.41 Å². The molecule has 1 rings (SSSR count). The minimum Gasteiger partial charge on any atom is -0.481 e. The summed E-state index contributed by atoms with van der Waals surface area (Å²) >= 11 is 0. The van der Waals surface area contributed by atoms with Gasteiger partial charge in [0.1, 0.15) is 0 Å². The summed E-state index contributed by atoms with van der Waals surface area (Å²) in [5.41, 5.74) is 5.42. The SMILES string of the molecule is CC(CCC(=O)O)NC(=O)C1(CN)CCCCCC1. The van der Waals surface area contributed by atoms with Crippen molar-refractivity contribution in [3.05, 3.63) is 0 Å². The predicted molar refractivity (Wildman–Crippen MR) is 73.7 cm³/mol. The molecule has 0 aromatic rings. The van der Waals surface area contributed by atoms with Crippen molar-refractivity contribution in [2.24, 2.45) is 11.1 Å². The van der Waals surface area contributed by atoms with Crippen molar-refractivity contribution in [2.75, 3.05) is 6.54 Å². The van der Waals surface area contributed by atoms with Crippen molar-refractivity contribution >= 4 is 11.9 Å². The number of hydrogen-bond acceptors (Lipinski definition) is 3. The van der Waals surface area contributed by atoms with Crippen molar-refractivity contribution in [1.82, 2.24) is 5.32 Å². The summed E-state index contributed by atoms with van der Waals surface area (Å²) in [6.07, 6.45) is 6.68. The molecule has 5 heteroatoms.